The van der Waals surface area contributed by atoms with Crippen LogP contribution in [0.2, 0.25) is 0 Å². The van der Waals surface area contributed by atoms with Gasteiger partial charge in [0.25, 0.3) is 0 Å². The number of rotatable bonds is 4. The lowest BCUT2D eigenvalue weighted by Gasteiger charge is -2.12. The third-order valence-corrected chi connectivity index (χ3v) is 11.2. The van der Waals surface area contributed by atoms with Gasteiger partial charge in [-0.25, -0.2) is 0 Å². The zero-order valence-electron chi connectivity index (χ0n) is 29.0. The smallest absolute Gasteiger partial charge is 0.0547 e. The highest BCUT2D eigenvalue weighted by Gasteiger charge is 2.16. The summed E-state index contributed by atoms with van der Waals surface area (Å²) in [6.07, 6.45) is 0. The van der Waals surface area contributed by atoms with E-state index in [1.165, 1.54) is 104 Å². The van der Waals surface area contributed by atoms with Gasteiger partial charge in [0, 0.05) is 16.5 Å². The molecular formula is C52H33N. The zero-order valence-corrected chi connectivity index (χ0v) is 29.0. The Morgan fingerprint density at radius 1 is 0.226 bits per heavy atom. The van der Waals surface area contributed by atoms with Gasteiger partial charge in [-0.05, 0) is 113 Å². The monoisotopic (exact) mass is 671 g/mol. The van der Waals surface area contributed by atoms with Crippen molar-refractivity contribution in [3.63, 3.8) is 0 Å². The summed E-state index contributed by atoms with van der Waals surface area (Å²) in [5.41, 5.74) is 10.9. The SMILES string of the molecule is c1ccc(-c2ccc3c4cc(-c5ccc(-c6ccc7c(ccc8ccccc87)c6)cc5)ccc4n(-c4ccc5c(ccc6ccccc65)c4)c3c2)cc1. The predicted molar refractivity (Wildman–Crippen MR) is 227 cm³/mol. The summed E-state index contributed by atoms with van der Waals surface area (Å²) >= 11 is 0. The molecular weight excluding hydrogens is 639 g/mol. The molecule has 11 rings (SSSR count). The Bertz CT molecular complexity index is 3200. The second-order valence-corrected chi connectivity index (χ2v) is 14.2. The minimum atomic E-state index is 1.17. The maximum absolute atomic E-state index is 2.45. The zero-order chi connectivity index (χ0) is 34.9. The van der Waals surface area contributed by atoms with Crippen molar-refractivity contribution in [1.29, 1.82) is 0 Å². The van der Waals surface area contributed by atoms with Crippen LogP contribution in [0, 0.1) is 0 Å². The van der Waals surface area contributed by atoms with E-state index in [9.17, 15) is 0 Å². The number of hydrogen-bond donors (Lipinski definition) is 0. The van der Waals surface area contributed by atoms with Crippen molar-refractivity contribution >= 4 is 64.9 Å². The average molecular weight is 672 g/mol. The highest BCUT2D eigenvalue weighted by molar-refractivity contribution is 6.13. The molecule has 1 nitrogen and oxygen atoms in total. The molecule has 0 amide bonds. The molecule has 1 aromatic heterocycles. The van der Waals surface area contributed by atoms with E-state index in [1.54, 1.807) is 0 Å². The predicted octanol–water partition coefficient (Wildman–Crippen LogP) is 14.4. The Balaban J connectivity index is 1.03. The van der Waals surface area contributed by atoms with Crippen molar-refractivity contribution in [3.05, 3.63) is 200 Å². The summed E-state index contributed by atoms with van der Waals surface area (Å²) in [5, 5.41) is 12.7. The third kappa shape index (κ3) is 4.86. The Morgan fingerprint density at radius 3 is 1.40 bits per heavy atom. The first-order valence-corrected chi connectivity index (χ1v) is 18.3. The Morgan fingerprint density at radius 2 is 0.698 bits per heavy atom. The maximum atomic E-state index is 2.45. The number of benzene rings is 10. The topological polar surface area (TPSA) is 4.93 Å². The van der Waals surface area contributed by atoms with Gasteiger partial charge in [0.15, 0.2) is 0 Å². The fraction of sp³-hybridized carbons (Fsp3) is 0. The Kier molecular flexibility index (Phi) is 6.62. The van der Waals surface area contributed by atoms with E-state index in [0.29, 0.717) is 0 Å². The number of nitrogens with zero attached hydrogens (tertiary/aromatic N) is 1. The minimum absolute atomic E-state index is 1.17. The summed E-state index contributed by atoms with van der Waals surface area (Å²) in [4.78, 5) is 0. The summed E-state index contributed by atoms with van der Waals surface area (Å²) in [5.74, 6) is 0. The van der Waals surface area contributed by atoms with E-state index < -0.39 is 0 Å². The lowest BCUT2D eigenvalue weighted by molar-refractivity contribution is 1.19. The van der Waals surface area contributed by atoms with Crippen LogP contribution < -0.4 is 0 Å². The highest BCUT2D eigenvalue weighted by Crippen LogP contribution is 2.39. The fourth-order valence-electron chi connectivity index (χ4n) is 8.48. The van der Waals surface area contributed by atoms with Crippen LogP contribution in [0.5, 0.6) is 0 Å². The minimum Gasteiger partial charge on any atom is -0.309 e. The van der Waals surface area contributed by atoms with E-state index in [2.05, 4.69) is 205 Å². The van der Waals surface area contributed by atoms with Crippen LogP contribution in [0.25, 0.3) is 104 Å². The molecule has 0 aliphatic heterocycles. The third-order valence-electron chi connectivity index (χ3n) is 11.2. The second-order valence-electron chi connectivity index (χ2n) is 14.2. The van der Waals surface area contributed by atoms with Crippen molar-refractivity contribution in [2.45, 2.75) is 0 Å². The lowest BCUT2D eigenvalue weighted by atomic mass is 9.96. The molecule has 53 heavy (non-hydrogen) atoms. The maximum Gasteiger partial charge on any atom is 0.0547 e. The van der Waals surface area contributed by atoms with Crippen LogP contribution in [-0.2, 0) is 0 Å². The quantitative estimate of drug-likeness (QED) is 0.164. The van der Waals surface area contributed by atoms with Crippen LogP contribution in [0.4, 0.5) is 0 Å². The van der Waals surface area contributed by atoms with Crippen LogP contribution >= 0.6 is 0 Å². The van der Waals surface area contributed by atoms with E-state index >= 15 is 0 Å². The standard InChI is InChI=1S/C52H33N/c1-2-8-34(9-3-1)41-23-27-49-50-32-40(36-16-14-35(15-17-36)39-22-26-47-42(30-39)20-18-37-10-4-6-12-45(37)47)24-29-51(50)53(52(49)33-41)44-25-28-48-43(31-44)21-19-38-11-5-7-13-46(38)48/h1-33H. The highest BCUT2D eigenvalue weighted by atomic mass is 15.0. The first kappa shape index (κ1) is 29.7. The lowest BCUT2D eigenvalue weighted by Crippen LogP contribution is -1.94. The van der Waals surface area contributed by atoms with E-state index in [4.69, 9.17) is 0 Å². The molecule has 0 spiro atoms. The first-order chi connectivity index (χ1) is 26.2. The molecule has 0 atom stereocenters. The van der Waals surface area contributed by atoms with Gasteiger partial charge in [0.1, 0.15) is 0 Å². The van der Waals surface area contributed by atoms with Crippen LogP contribution in [0.15, 0.2) is 200 Å². The molecule has 0 N–H and O–H groups in total. The number of fused-ring (bicyclic) bond motifs is 9. The van der Waals surface area contributed by atoms with Gasteiger partial charge in [0.2, 0.25) is 0 Å². The average Bonchev–Trinajstić information content (AvgIpc) is 3.56. The van der Waals surface area contributed by atoms with Crippen molar-refractivity contribution in [2.24, 2.45) is 0 Å². The molecule has 0 aliphatic carbocycles. The van der Waals surface area contributed by atoms with Crippen LogP contribution in [0.3, 0.4) is 0 Å². The van der Waals surface area contributed by atoms with Gasteiger partial charge < -0.3 is 4.57 Å². The molecule has 246 valence electrons. The van der Waals surface area contributed by atoms with Gasteiger partial charge in [-0.2, -0.15) is 0 Å². The van der Waals surface area contributed by atoms with Gasteiger partial charge in [0.05, 0.1) is 11.0 Å². The van der Waals surface area contributed by atoms with E-state index in [1.807, 2.05) is 0 Å². The summed E-state index contributed by atoms with van der Waals surface area (Å²) in [7, 11) is 0. The van der Waals surface area contributed by atoms with Crippen molar-refractivity contribution in [3.8, 4) is 39.1 Å². The Labute approximate surface area is 307 Å². The molecule has 0 fully saturated rings. The molecule has 0 unspecified atom stereocenters. The van der Waals surface area contributed by atoms with Gasteiger partial charge >= 0.3 is 0 Å². The van der Waals surface area contributed by atoms with Crippen molar-refractivity contribution in [2.75, 3.05) is 0 Å². The van der Waals surface area contributed by atoms with Gasteiger partial charge in [-0.3, -0.25) is 0 Å². The van der Waals surface area contributed by atoms with Gasteiger partial charge in [-0.1, -0.05) is 164 Å². The number of aromatic nitrogens is 1. The molecule has 0 saturated carbocycles. The number of hydrogen-bond acceptors (Lipinski definition) is 0. The van der Waals surface area contributed by atoms with E-state index in [-0.39, 0.29) is 0 Å². The largest absolute Gasteiger partial charge is 0.309 e. The molecule has 10 aromatic carbocycles. The van der Waals surface area contributed by atoms with Crippen molar-refractivity contribution < 1.29 is 0 Å². The molecule has 11 aromatic rings. The molecule has 0 saturated heterocycles. The van der Waals surface area contributed by atoms with Crippen LogP contribution in [0.1, 0.15) is 0 Å². The normalized spacial score (nSPS) is 11.8. The molecule has 1 heterocycles. The van der Waals surface area contributed by atoms with Crippen LogP contribution in [-0.4, -0.2) is 4.57 Å². The summed E-state index contributed by atoms with van der Waals surface area (Å²) in [6, 6.07) is 73.6. The molecule has 0 radical (unpaired) electrons. The fourth-order valence-corrected chi connectivity index (χ4v) is 8.48. The molecule has 1 heteroatoms. The van der Waals surface area contributed by atoms with E-state index in [0.717, 1.165) is 0 Å². The molecule has 0 aliphatic rings. The second kappa shape index (κ2) is 11.8. The summed E-state index contributed by atoms with van der Waals surface area (Å²) < 4.78 is 2.45. The van der Waals surface area contributed by atoms with Crippen molar-refractivity contribution in [1.82, 2.24) is 4.57 Å². The summed E-state index contributed by atoms with van der Waals surface area (Å²) in [6.45, 7) is 0. The van der Waals surface area contributed by atoms with Gasteiger partial charge in [-0.15, -0.1) is 0 Å². The molecule has 0 bridgehead atoms. The Hall–Kier alpha value is -6.96. The first-order valence-electron chi connectivity index (χ1n) is 18.3.